The molecule has 2 fully saturated rings. The van der Waals surface area contributed by atoms with Gasteiger partial charge in [-0.2, -0.15) is 0 Å². The molecule has 136 valence electrons. The van der Waals surface area contributed by atoms with Crippen molar-refractivity contribution >= 4 is 0 Å². The minimum Gasteiger partial charge on any atom is -0.393 e. The summed E-state index contributed by atoms with van der Waals surface area (Å²) >= 11 is 0. The fraction of sp³-hybridized carbons (Fsp3) is 0.882. The summed E-state index contributed by atoms with van der Waals surface area (Å²) in [7, 11) is 3.86. The smallest absolute Gasteiger partial charge is 0.146 e. The minimum absolute atomic E-state index is 0.125. The molecular weight excluding hydrogens is 306 g/mol. The van der Waals surface area contributed by atoms with Gasteiger partial charge in [0.2, 0.25) is 0 Å². The molecule has 0 amide bonds. The van der Waals surface area contributed by atoms with E-state index in [1.54, 1.807) is 7.11 Å². The van der Waals surface area contributed by atoms with Crippen molar-refractivity contribution in [2.45, 2.75) is 44.2 Å². The molecule has 7 nitrogen and oxygen atoms in total. The van der Waals surface area contributed by atoms with Crippen molar-refractivity contribution in [3.05, 3.63) is 11.6 Å². The van der Waals surface area contributed by atoms with Crippen LogP contribution in [-0.4, -0.2) is 82.2 Å². The lowest BCUT2D eigenvalue weighted by Crippen LogP contribution is -2.36. The molecular formula is C17H31N5O2. The van der Waals surface area contributed by atoms with Gasteiger partial charge in [0.05, 0.1) is 19.3 Å². The van der Waals surface area contributed by atoms with Gasteiger partial charge in [-0.15, -0.1) is 10.2 Å². The molecule has 0 aliphatic carbocycles. The van der Waals surface area contributed by atoms with E-state index in [9.17, 15) is 5.11 Å². The molecule has 0 unspecified atom stereocenters. The van der Waals surface area contributed by atoms with Crippen molar-refractivity contribution in [3.8, 4) is 0 Å². The zero-order valence-corrected chi connectivity index (χ0v) is 15.0. The van der Waals surface area contributed by atoms with E-state index in [2.05, 4.69) is 31.6 Å². The van der Waals surface area contributed by atoms with Crippen molar-refractivity contribution in [1.29, 1.82) is 0 Å². The molecule has 0 bridgehead atoms. The summed E-state index contributed by atoms with van der Waals surface area (Å²) in [6.07, 6.45) is 3.89. The van der Waals surface area contributed by atoms with E-state index < -0.39 is 0 Å². The van der Waals surface area contributed by atoms with Crippen molar-refractivity contribution in [2.75, 3.05) is 46.4 Å². The van der Waals surface area contributed by atoms with E-state index in [-0.39, 0.29) is 6.10 Å². The van der Waals surface area contributed by atoms with Crippen molar-refractivity contribution in [2.24, 2.45) is 7.05 Å². The first kappa shape index (κ1) is 17.8. The molecule has 24 heavy (non-hydrogen) atoms. The second-order valence-electron chi connectivity index (χ2n) is 7.15. The highest BCUT2D eigenvalue weighted by Gasteiger charge is 2.26. The van der Waals surface area contributed by atoms with E-state index in [1.165, 1.54) is 0 Å². The van der Waals surface area contributed by atoms with Crippen LogP contribution in [0.15, 0.2) is 0 Å². The van der Waals surface area contributed by atoms with Gasteiger partial charge in [0.15, 0.2) is 0 Å². The predicted molar refractivity (Wildman–Crippen MR) is 91.8 cm³/mol. The summed E-state index contributed by atoms with van der Waals surface area (Å²) in [6, 6.07) is 0. The van der Waals surface area contributed by atoms with Crippen LogP contribution in [0, 0.1) is 0 Å². The number of hydrogen-bond donors (Lipinski definition) is 1. The highest BCUT2D eigenvalue weighted by molar-refractivity contribution is 5.03. The van der Waals surface area contributed by atoms with Gasteiger partial charge in [-0.1, -0.05) is 0 Å². The van der Waals surface area contributed by atoms with E-state index in [1.807, 2.05) is 0 Å². The molecule has 1 aromatic rings. The fourth-order valence-electron chi connectivity index (χ4n) is 3.78. The van der Waals surface area contributed by atoms with Gasteiger partial charge < -0.3 is 19.3 Å². The standard InChI is InChI=1S/C17H31N5O2/c1-20-16(13-22-9-5-15(23)6-10-22)18-19-17(20)14-3-7-21(8-4-14)11-12-24-2/h14-15,23H,3-13H2,1-2H3. The van der Waals surface area contributed by atoms with Crippen molar-refractivity contribution < 1.29 is 9.84 Å². The van der Waals surface area contributed by atoms with Gasteiger partial charge in [-0.05, 0) is 38.8 Å². The molecule has 7 heteroatoms. The summed E-state index contributed by atoms with van der Waals surface area (Å²) in [6.45, 7) is 6.78. The summed E-state index contributed by atoms with van der Waals surface area (Å²) in [4.78, 5) is 4.84. The Kier molecular flexibility index (Phi) is 6.21. The summed E-state index contributed by atoms with van der Waals surface area (Å²) in [5.41, 5.74) is 0. The van der Waals surface area contributed by atoms with E-state index in [4.69, 9.17) is 4.74 Å². The third-order valence-corrected chi connectivity index (χ3v) is 5.49. The third kappa shape index (κ3) is 4.33. The maximum absolute atomic E-state index is 9.63. The first-order valence-electron chi connectivity index (χ1n) is 9.17. The van der Waals surface area contributed by atoms with Crippen LogP contribution in [0.3, 0.4) is 0 Å². The highest BCUT2D eigenvalue weighted by Crippen LogP contribution is 2.27. The first-order chi connectivity index (χ1) is 11.7. The quantitative estimate of drug-likeness (QED) is 0.820. The Morgan fingerprint density at radius 3 is 2.38 bits per heavy atom. The average Bonchev–Trinajstić information content (AvgIpc) is 2.96. The SMILES string of the molecule is COCCN1CCC(c2nnc(CN3CCC(O)CC3)n2C)CC1. The summed E-state index contributed by atoms with van der Waals surface area (Å²) in [5.74, 6) is 2.69. The topological polar surface area (TPSA) is 66.7 Å². The lowest BCUT2D eigenvalue weighted by molar-refractivity contribution is 0.0775. The molecule has 1 N–H and O–H groups in total. The maximum atomic E-state index is 9.63. The zero-order chi connectivity index (χ0) is 16.9. The number of piperidine rings is 2. The largest absolute Gasteiger partial charge is 0.393 e. The number of aliphatic hydroxyl groups is 1. The summed E-state index contributed by atoms with van der Waals surface area (Å²) in [5, 5.41) is 18.6. The number of aromatic nitrogens is 3. The van der Waals surface area contributed by atoms with Gasteiger partial charge >= 0.3 is 0 Å². The number of likely N-dealkylation sites (tertiary alicyclic amines) is 2. The molecule has 2 aliphatic heterocycles. The molecule has 0 aromatic carbocycles. The maximum Gasteiger partial charge on any atom is 0.146 e. The van der Waals surface area contributed by atoms with Gasteiger partial charge in [0, 0.05) is 39.7 Å². The molecule has 1 aromatic heterocycles. The summed E-state index contributed by atoms with van der Waals surface area (Å²) < 4.78 is 7.36. The highest BCUT2D eigenvalue weighted by atomic mass is 16.5. The Morgan fingerprint density at radius 2 is 1.71 bits per heavy atom. The van der Waals surface area contributed by atoms with E-state index >= 15 is 0 Å². The molecule has 0 radical (unpaired) electrons. The normalized spacial score (nSPS) is 22.3. The van der Waals surface area contributed by atoms with Gasteiger partial charge in [0.1, 0.15) is 11.6 Å². The van der Waals surface area contributed by atoms with Gasteiger partial charge in [-0.3, -0.25) is 4.90 Å². The number of ether oxygens (including phenoxy) is 1. The first-order valence-corrected chi connectivity index (χ1v) is 9.17. The molecule has 0 saturated carbocycles. The second-order valence-corrected chi connectivity index (χ2v) is 7.15. The molecule has 2 saturated heterocycles. The number of aliphatic hydroxyl groups excluding tert-OH is 1. The Hall–Kier alpha value is -1.02. The van der Waals surface area contributed by atoms with Crippen LogP contribution in [0.2, 0.25) is 0 Å². The van der Waals surface area contributed by atoms with Crippen molar-refractivity contribution in [1.82, 2.24) is 24.6 Å². The molecule has 2 aliphatic rings. The van der Waals surface area contributed by atoms with Crippen molar-refractivity contribution in [3.63, 3.8) is 0 Å². The van der Waals surface area contributed by atoms with Crippen LogP contribution in [-0.2, 0) is 18.3 Å². The minimum atomic E-state index is -0.125. The second kappa shape index (κ2) is 8.38. The van der Waals surface area contributed by atoms with E-state index in [0.717, 1.165) is 83.2 Å². The Bertz CT molecular complexity index is 505. The van der Waals surface area contributed by atoms with Crippen LogP contribution in [0.5, 0.6) is 0 Å². The Balaban J connectivity index is 1.53. The van der Waals surface area contributed by atoms with Crippen LogP contribution in [0.25, 0.3) is 0 Å². The lowest BCUT2D eigenvalue weighted by atomic mass is 9.96. The van der Waals surface area contributed by atoms with Crippen LogP contribution in [0.4, 0.5) is 0 Å². The monoisotopic (exact) mass is 337 g/mol. The molecule has 0 atom stereocenters. The third-order valence-electron chi connectivity index (χ3n) is 5.49. The molecule has 0 spiro atoms. The van der Waals surface area contributed by atoms with Crippen LogP contribution < -0.4 is 0 Å². The number of hydrogen-bond acceptors (Lipinski definition) is 6. The predicted octanol–water partition coefficient (Wildman–Crippen LogP) is 0.598. The Morgan fingerprint density at radius 1 is 1.04 bits per heavy atom. The number of methoxy groups -OCH3 is 1. The van der Waals surface area contributed by atoms with E-state index in [0.29, 0.717) is 5.92 Å². The lowest BCUT2D eigenvalue weighted by Gasteiger charge is -2.31. The van der Waals surface area contributed by atoms with Crippen LogP contribution in [0.1, 0.15) is 43.3 Å². The van der Waals surface area contributed by atoms with Gasteiger partial charge in [-0.25, -0.2) is 0 Å². The fourth-order valence-corrected chi connectivity index (χ4v) is 3.78. The molecule has 3 heterocycles. The number of rotatable bonds is 6. The average molecular weight is 337 g/mol. The van der Waals surface area contributed by atoms with Crippen LogP contribution >= 0.6 is 0 Å². The number of nitrogens with zero attached hydrogens (tertiary/aromatic N) is 5. The zero-order valence-electron chi connectivity index (χ0n) is 15.0. The Labute approximate surface area is 144 Å². The van der Waals surface area contributed by atoms with Gasteiger partial charge in [0.25, 0.3) is 0 Å². The molecule has 3 rings (SSSR count).